The van der Waals surface area contributed by atoms with Gasteiger partial charge in [-0.2, -0.15) is 8.42 Å². The Morgan fingerprint density at radius 1 is 1.10 bits per heavy atom. The van der Waals surface area contributed by atoms with Crippen LogP contribution in [0.25, 0.3) is 11.1 Å². The van der Waals surface area contributed by atoms with E-state index in [0.29, 0.717) is 22.8 Å². The van der Waals surface area contributed by atoms with Crippen LogP contribution in [-0.4, -0.2) is 55.9 Å². The molecule has 11 heteroatoms. The minimum absolute atomic E-state index is 0.141. The maximum atomic E-state index is 13.2. The number of aromatic nitrogens is 2. The van der Waals surface area contributed by atoms with Crippen LogP contribution in [0.4, 0.5) is 0 Å². The molecule has 2 aromatic carbocycles. The van der Waals surface area contributed by atoms with Gasteiger partial charge >= 0.3 is 5.97 Å². The maximum Gasteiger partial charge on any atom is 0.357 e. The zero-order valence-electron chi connectivity index (χ0n) is 23.6. The molecule has 0 N–H and O–H groups in total. The predicted octanol–water partition coefficient (Wildman–Crippen LogP) is 6.61. The predicted molar refractivity (Wildman–Crippen MR) is 166 cm³/mol. The summed E-state index contributed by atoms with van der Waals surface area (Å²) in [5.41, 5.74) is 2.73. The highest BCUT2D eigenvalue weighted by Gasteiger charge is 2.25. The quantitative estimate of drug-likeness (QED) is 0.0955. The topological polar surface area (TPSA) is 93.9 Å². The van der Waals surface area contributed by atoms with Crippen LogP contribution < -0.4 is 0 Å². The molecule has 0 unspecified atom stereocenters. The third-order valence-corrected chi connectivity index (χ3v) is 9.42. The van der Waals surface area contributed by atoms with Crippen molar-refractivity contribution in [1.29, 1.82) is 0 Å². The first-order chi connectivity index (χ1) is 19.7. The third kappa shape index (κ3) is 7.66. The molecule has 4 rings (SSSR count). The SMILES string of the molecule is CCCCc1nc(Sc2cccs2)c(C(=O)OCC)n1Cc1ccc(-c2ccccc2S(=O)(=O)/N=C/N(C)C)cc1. The van der Waals surface area contributed by atoms with Gasteiger partial charge in [-0.15, -0.1) is 15.7 Å². The lowest BCUT2D eigenvalue weighted by Gasteiger charge is -2.13. The van der Waals surface area contributed by atoms with Crippen molar-refractivity contribution in [2.24, 2.45) is 4.40 Å². The van der Waals surface area contributed by atoms with E-state index in [1.54, 1.807) is 55.5 Å². The van der Waals surface area contributed by atoms with E-state index in [9.17, 15) is 13.2 Å². The van der Waals surface area contributed by atoms with Gasteiger partial charge in [-0.25, -0.2) is 9.78 Å². The molecule has 8 nitrogen and oxygen atoms in total. The van der Waals surface area contributed by atoms with Crippen molar-refractivity contribution in [3.8, 4) is 11.1 Å². The Balaban J connectivity index is 1.70. The van der Waals surface area contributed by atoms with Crippen LogP contribution in [0, 0.1) is 0 Å². The highest BCUT2D eigenvalue weighted by atomic mass is 32.2. The van der Waals surface area contributed by atoms with Gasteiger partial charge in [-0.1, -0.05) is 73.6 Å². The Bertz CT molecular complexity index is 1590. The summed E-state index contributed by atoms with van der Waals surface area (Å²) in [5, 5.41) is 2.65. The molecular weight excluding hydrogens is 577 g/mol. The number of hydrogen-bond acceptors (Lipinski definition) is 7. The molecule has 216 valence electrons. The van der Waals surface area contributed by atoms with Gasteiger partial charge in [0.2, 0.25) is 0 Å². The second-order valence-electron chi connectivity index (χ2n) is 9.48. The second-order valence-corrected chi connectivity index (χ2v) is 13.3. The minimum atomic E-state index is -3.88. The van der Waals surface area contributed by atoms with Crippen molar-refractivity contribution in [2.45, 2.75) is 53.8 Å². The zero-order valence-corrected chi connectivity index (χ0v) is 26.1. The first kappa shape index (κ1) is 30.5. The summed E-state index contributed by atoms with van der Waals surface area (Å²) in [4.78, 5) is 19.8. The van der Waals surface area contributed by atoms with E-state index < -0.39 is 16.0 Å². The second kappa shape index (κ2) is 14.0. The molecule has 41 heavy (non-hydrogen) atoms. The number of ether oxygens (including phenoxy) is 1. The van der Waals surface area contributed by atoms with E-state index in [1.165, 1.54) is 18.1 Å². The first-order valence-corrected chi connectivity index (χ1v) is 16.5. The molecule has 0 saturated heterocycles. The van der Waals surface area contributed by atoms with Crippen LogP contribution in [0.1, 0.15) is 48.6 Å². The summed E-state index contributed by atoms with van der Waals surface area (Å²) in [6, 6.07) is 18.5. The summed E-state index contributed by atoms with van der Waals surface area (Å²) in [5.74, 6) is 0.448. The van der Waals surface area contributed by atoms with Crippen molar-refractivity contribution in [2.75, 3.05) is 20.7 Å². The molecule has 0 bridgehead atoms. The number of nitrogens with zero attached hydrogens (tertiary/aromatic N) is 4. The summed E-state index contributed by atoms with van der Waals surface area (Å²) >= 11 is 3.08. The molecule has 0 aliphatic heterocycles. The van der Waals surface area contributed by atoms with Crippen LogP contribution in [0.2, 0.25) is 0 Å². The van der Waals surface area contributed by atoms with Gasteiger partial charge in [0.1, 0.15) is 17.2 Å². The average molecular weight is 611 g/mol. The number of benzene rings is 2. The summed E-state index contributed by atoms with van der Waals surface area (Å²) < 4.78 is 38.2. The fourth-order valence-corrected chi connectivity index (χ4v) is 7.13. The van der Waals surface area contributed by atoms with Crippen LogP contribution in [0.3, 0.4) is 0 Å². The Morgan fingerprint density at radius 2 is 1.85 bits per heavy atom. The Hall–Kier alpha value is -3.41. The molecule has 0 radical (unpaired) electrons. The number of rotatable bonds is 13. The molecule has 2 heterocycles. The smallest absolute Gasteiger partial charge is 0.357 e. The number of aryl methyl sites for hydroxylation is 1. The van der Waals surface area contributed by atoms with Crippen LogP contribution in [0.5, 0.6) is 0 Å². The molecule has 0 atom stereocenters. The molecule has 0 aliphatic carbocycles. The molecule has 0 spiro atoms. The molecule has 0 amide bonds. The van der Waals surface area contributed by atoms with E-state index in [1.807, 2.05) is 52.4 Å². The van der Waals surface area contributed by atoms with Crippen molar-refractivity contribution < 1.29 is 17.9 Å². The van der Waals surface area contributed by atoms with Crippen molar-refractivity contribution in [1.82, 2.24) is 14.5 Å². The number of sulfonamides is 1. The van der Waals surface area contributed by atoms with Crippen molar-refractivity contribution in [3.63, 3.8) is 0 Å². The normalized spacial score (nSPS) is 11.7. The molecule has 0 saturated carbocycles. The lowest BCUT2D eigenvalue weighted by molar-refractivity contribution is 0.0509. The lowest BCUT2D eigenvalue weighted by atomic mass is 10.0. The molecule has 0 fully saturated rings. The van der Waals surface area contributed by atoms with Crippen LogP contribution in [0.15, 0.2) is 84.6 Å². The Morgan fingerprint density at radius 3 is 2.51 bits per heavy atom. The number of imidazole rings is 1. The van der Waals surface area contributed by atoms with Gasteiger partial charge < -0.3 is 14.2 Å². The summed E-state index contributed by atoms with van der Waals surface area (Å²) in [6.07, 6.45) is 3.97. The number of thiophene rings is 1. The van der Waals surface area contributed by atoms with Gasteiger partial charge in [0.15, 0.2) is 5.69 Å². The number of unbranched alkanes of at least 4 members (excludes halogenated alkanes) is 1. The zero-order chi connectivity index (χ0) is 29.4. The van der Waals surface area contributed by atoms with Gasteiger partial charge in [0.25, 0.3) is 10.0 Å². The number of carbonyl (C=O) groups is 1. The summed E-state index contributed by atoms with van der Waals surface area (Å²) in [6.45, 7) is 4.63. The van der Waals surface area contributed by atoms with E-state index in [-0.39, 0.29) is 11.5 Å². The molecule has 4 aromatic rings. The Labute approximate surface area is 250 Å². The van der Waals surface area contributed by atoms with Crippen LogP contribution in [-0.2, 0) is 27.7 Å². The fraction of sp³-hybridized carbons (Fsp3) is 0.300. The molecular formula is C30H34N4O4S3. The van der Waals surface area contributed by atoms with Gasteiger partial charge in [0.05, 0.1) is 15.7 Å². The van der Waals surface area contributed by atoms with E-state index in [2.05, 4.69) is 11.3 Å². The third-order valence-electron chi connectivity index (χ3n) is 6.12. The highest BCUT2D eigenvalue weighted by Crippen LogP contribution is 2.35. The minimum Gasteiger partial charge on any atom is -0.461 e. The molecule has 2 aromatic heterocycles. The first-order valence-electron chi connectivity index (χ1n) is 13.4. The van der Waals surface area contributed by atoms with Gasteiger partial charge in [-0.05, 0) is 42.0 Å². The summed E-state index contributed by atoms with van der Waals surface area (Å²) in [7, 11) is -0.450. The number of hydrogen-bond donors (Lipinski definition) is 0. The average Bonchev–Trinajstić information content (AvgIpc) is 3.59. The standard InChI is InChI=1S/C30H34N4O4S3/c1-5-7-13-26-32-29(40-27-14-10-19-39-27)28(30(35)38-6-2)34(26)20-22-15-17-23(18-16-22)24-11-8-9-12-25(24)41(36,37)31-21-33(3)4/h8-12,14-19,21H,5-7,13,20H2,1-4H3/b31-21+. The number of carbonyl (C=O) groups excluding carboxylic acids is 1. The monoisotopic (exact) mass is 610 g/mol. The maximum absolute atomic E-state index is 13.2. The largest absolute Gasteiger partial charge is 0.461 e. The molecule has 0 aliphatic rings. The Kier molecular flexibility index (Phi) is 10.4. The van der Waals surface area contributed by atoms with Gasteiger partial charge in [0, 0.05) is 32.6 Å². The van der Waals surface area contributed by atoms with Crippen LogP contribution >= 0.6 is 23.1 Å². The fourth-order valence-electron chi connectivity index (χ4n) is 4.17. The van der Waals surface area contributed by atoms with E-state index in [4.69, 9.17) is 9.72 Å². The van der Waals surface area contributed by atoms with Gasteiger partial charge in [-0.3, -0.25) is 0 Å². The van der Waals surface area contributed by atoms with Crippen molar-refractivity contribution in [3.05, 3.63) is 83.1 Å². The number of esters is 1. The van der Waals surface area contributed by atoms with E-state index >= 15 is 0 Å². The van der Waals surface area contributed by atoms with E-state index in [0.717, 1.165) is 40.4 Å². The highest BCUT2D eigenvalue weighted by molar-refractivity contribution is 8.01. The lowest BCUT2D eigenvalue weighted by Crippen LogP contribution is -2.16. The van der Waals surface area contributed by atoms with Crippen molar-refractivity contribution >= 4 is 45.4 Å².